The van der Waals surface area contributed by atoms with Crippen LogP contribution in [0.2, 0.25) is 0 Å². The second kappa shape index (κ2) is 9.63. The number of nitrogens with one attached hydrogen (secondary N) is 2. The van der Waals surface area contributed by atoms with Gasteiger partial charge < -0.3 is 9.47 Å². The zero-order chi connectivity index (χ0) is 25.1. The van der Waals surface area contributed by atoms with Crippen LogP contribution in [0, 0.1) is 0 Å². The third-order valence-corrected chi connectivity index (χ3v) is 5.51. The zero-order valence-electron chi connectivity index (χ0n) is 18.7. The summed E-state index contributed by atoms with van der Waals surface area (Å²) in [6, 6.07) is 20.2. The fraction of sp³-hybridized carbons (Fsp3) is 0.0769. The van der Waals surface area contributed by atoms with Crippen molar-refractivity contribution >= 4 is 33.5 Å². The first-order valence-corrected chi connectivity index (χ1v) is 10.9. The van der Waals surface area contributed by atoms with Gasteiger partial charge in [0.25, 0.3) is 11.1 Å². The molecule has 0 aliphatic heterocycles. The molecule has 0 aliphatic rings. The maximum atomic E-state index is 12.6. The molecular weight excluding hydrogens is 464 g/mol. The first-order valence-electron chi connectivity index (χ1n) is 10.9. The van der Waals surface area contributed by atoms with Crippen molar-refractivity contribution in [3.8, 4) is 0 Å². The Morgan fingerprint density at radius 3 is 1.47 bits per heavy atom. The van der Waals surface area contributed by atoms with Crippen LogP contribution in [-0.2, 0) is 22.7 Å². The molecule has 36 heavy (non-hydrogen) atoms. The average molecular weight is 482 g/mol. The first kappa shape index (κ1) is 22.7. The van der Waals surface area contributed by atoms with Gasteiger partial charge in [0, 0.05) is 10.8 Å². The van der Waals surface area contributed by atoms with Crippen LogP contribution in [0.15, 0.2) is 82.4 Å². The highest BCUT2D eigenvalue weighted by atomic mass is 16.5. The Hall–Kier alpha value is -5.12. The van der Waals surface area contributed by atoms with Crippen molar-refractivity contribution in [1.29, 1.82) is 0 Å². The Labute approximate surface area is 202 Å². The number of rotatable bonds is 6. The van der Waals surface area contributed by atoms with Crippen molar-refractivity contribution in [3.05, 3.63) is 116 Å². The molecular formula is C26H18N4O6. The van der Waals surface area contributed by atoms with Gasteiger partial charge in [-0.25, -0.2) is 19.8 Å². The van der Waals surface area contributed by atoms with E-state index in [2.05, 4.69) is 20.4 Å². The molecule has 0 spiro atoms. The van der Waals surface area contributed by atoms with Gasteiger partial charge in [-0.2, -0.15) is 10.2 Å². The number of benzene rings is 3. The number of aromatic nitrogens is 4. The van der Waals surface area contributed by atoms with Gasteiger partial charge in [0.1, 0.15) is 13.2 Å². The van der Waals surface area contributed by atoms with E-state index in [-0.39, 0.29) is 24.6 Å². The lowest BCUT2D eigenvalue weighted by Gasteiger charge is -2.09. The Kier molecular flexibility index (Phi) is 6.06. The molecule has 5 aromatic rings. The van der Waals surface area contributed by atoms with Gasteiger partial charge in [-0.05, 0) is 29.3 Å². The first-order chi connectivity index (χ1) is 17.5. The minimum Gasteiger partial charge on any atom is -0.456 e. The number of hydrogen-bond acceptors (Lipinski definition) is 8. The maximum Gasteiger partial charge on any atom is 0.359 e. The Morgan fingerprint density at radius 2 is 1.03 bits per heavy atom. The lowest BCUT2D eigenvalue weighted by molar-refractivity contribution is 0.0465. The van der Waals surface area contributed by atoms with E-state index in [1.165, 1.54) is 0 Å². The van der Waals surface area contributed by atoms with Crippen molar-refractivity contribution in [2.75, 3.05) is 0 Å². The number of ether oxygens (including phenoxy) is 2. The monoisotopic (exact) mass is 482 g/mol. The van der Waals surface area contributed by atoms with Gasteiger partial charge in [-0.3, -0.25) is 9.59 Å². The van der Waals surface area contributed by atoms with E-state index in [1.807, 2.05) is 0 Å². The molecule has 10 nitrogen and oxygen atoms in total. The van der Waals surface area contributed by atoms with E-state index in [1.54, 1.807) is 72.8 Å². The Morgan fingerprint density at radius 1 is 0.611 bits per heavy atom. The third-order valence-electron chi connectivity index (χ3n) is 5.51. The van der Waals surface area contributed by atoms with Gasteiger partial charge in [0.05, 0.1) is 10.8 Å². The number of nitrogens with zero attached hydrogens (tertiary/aromatic N) is 2. The van der Waals surface area contributed by atoms with Crippen molar-refractivity contribution in [3.63, 3.8) is 0 Å². The smallest absolute Gasteiger partial charge is 0.359 e. The summed E-state index contributed by atoms with van der Waals surface area (Å²) in [6.07, 6.45) is 0. The Balaban J connectivity index is 1.26. The van der Waals surface area contributed by atoms with Crippen molar-refractivity contribution in [1.82, 2.24) is 20.4 Å². The predicted molar refractivity (Wildman–Crippen MR) is 129 cm³/mol. The van der Waals surface area contributed by atoms with Crippen LogP contribution in [0.4, 0.5) is 0 Å². The lowest BCUT2D eigenvalue weighted by atomic mass is 10.1. The molecule has 0 aliphatic carbocycles. The molecule has 178 valence electrons. The minimum absolute atomic E-state index is 0.0101. The molecule has 2 N–H and O–H groups in total. The molecule has 0 amide bonds. The highest BCUT2D eigenvalue weighted by Gasteiger charge is 2.17. The zero-order valence-corrected chi connectivity index (χ0v) is 18.7. The van der Waals surface area contributed by atoms with Crippen LogP contribution in [0.5, 0.6) is 0 Å². The largest absolute Gasteiger partial charge is 0.456 e. The molecule has 2 heterocycles. The molecule has 3 aromatic carbocycles. The van der Waals surface area contributed by atoms with Crippen LogP contribution in [-0.4, -0.2) is 32.3 Å². The molecule has 0 saturated carbocycles. The minimum atomic E-state index is -0.685. The van der Waals surface area contributed by atoms with E-state index in [0.29, 0.717) is 32.7 Å². The van der Waals surface area contributed by atoms with Gasteiger partial charge in [0.2, 0.25) is 0 Å². The van der Waals surface area contributed by atoms with E-state index in [0.717, 1.165) is 0 Å². The second-order valence-corrected chi connectivity index (χ2v) is 7.87. The van der Waals surface area contributed by atoms with Crippen molar-refractivity contribution in [2.24, 2.45) is 0 Å². The summed E-state index contributed by atoms with van der Waals surface area (Å²) in [6.45, 7) is -0.107. The predicted octanol–water partition coefficient (Wildman–Crippen LogP) is 2.87. The molecule has 0 radical (unpaired) electrons. The maximum absolute atomic E-state index is 12.6. The van der Waals surface area contributed by atoms with Gasteiger partial charge >= 0.3 is 11.9 Å². The average Bonchev–Trinajstić information content (AvgIpc) is 2.91. The molecule has 0 fully saturated rings. The number of fused-ring (bicyclic) bond motifs is 2. The highest BCUT2D eigenvalue weighted by molar-refractivity contribution is 6.02. The summed E-state index contributed by atoms with van der Waals surface area (Å²) in [7, 11) is 0. The van der Waals surface area contributed by atoms with Crippen LogP contribution < -0.4 is 11.1 Å². The molecule has 0 unspecified atom stereocenters. The van der Waals surface area contributed by atoms with Crippen LogP contribution in [0.25, 0.3) is 21.5 Å². The lowest BCUT2D eigenvalue weighted by Crippen LogP contribution is -2.16. The molecule has 0 saturated heterocycles. The summed E-state index contributed by atoms with van der Waals surface area (Å²) >= 11 is 0. The third kappa shape index (κ3) is 4.47. The standard InChI is InChI=1S/C26H18N4O6/c31-23-19-10-3-1-8-17(19)21(27-29-23)25(33)35-13-15-6-5-7-16(12-15)14-36-26(34)22-18-9-2-4-11-20(18)24(32)30-28-22/h1-12H,13-14H2,(H,29,31)(H,30,32). The number of hydrogen-bond donors (Lipinski definition) is 2. The molecule has 0 bridgehead atoms. The van der Waals surface area contributed by atoms with Crippen LogP contribution >= 0.6 is 0 Å². The van der Waals surface area contributed by atoms with E-state index in [9.17, 15) is 19.2 Å². The summed E-state index contributed by atoms with van der Waals surface area (Å²) in [5.74, 6) is -1.37. The Bertz CT molecular complexity index is 1620. The summed E-state index contributed by atoms with van der Waals surface area (Å²) in [4.78, 5) is 49.1. The summed E-state index contributed by atoms with van der Waals surface area (Å²) in [5, 5.41) is 13.8. The van der Waals surface area contributed by atoms with Crippen LogP contribution in [0.3, 0.4) is 0 Å². The summed E-state index contributed by atoms with van der Waals surface area (Å²) in [5.41, 5.74) is 0.562. The van der Waals surface area contributed by atoms with Gasteiger partial charge in [-0.1, -0.05) is 54.6 Å². The quantitative estimate of drug-likeness (QED) is 0.352. The second-order valence-electron chi connectivity index (χ2n) is 7.87. The topological polar surface area (TPSA) is 144 Å². The summed E-state index contributed by atoms with van der Waals surface area (Å²) < 4.78 is 10.8. The number of carbonyl (C=O) groups excluding carboxylic acids is 2. The number of H-pyrrole nitrogens is 2. The van der Waals surface area contributed by atoms with Gasteiger partial charge in [0.15, 0.2) is 11.4 Å². The van der Waals surface area contributed by atoms with Crippen molar-refractivity contribution < 1.29 is 19.1 Å². The van der Waals surface area contributed by atoms with E-state index in [4.69, 9.17) is 9.47 Å². The number of carbonyl (C=O) groups is 2. The highest BCUT2D eigenvalue weighted by Crippen LogP contribution is 2.16. The fourth-order valence-corrected chi connectivity index (χ4v) is 3.78. The molecule has 2 aromatic heterocycles. The van der Waals surface area contributed by atoms with Crippen LogP contribution in [0.1, 0.15) is 32.1 Å². The van der Waals surface area contributed by atoms with E-state index < -0.39 is 23.1 Å². The molecule has 10 heteroatoms. The van der Waals surface area contributed by atoms with Crippen molar-refractivity contribution in [2.45, 2.75) is 13.2 Å². The molecule has 5 rings (SSSR count). The molecule has 0 atom stereocenters. The van der Waals surface area contributed by atoms with E-state index >= 15 is 0 Å². The number of aromatic amines is 2. The number of esters is 2. The van der Waals surface area contributed by atoms with Gasteiger partial charge in [-0.15, -0.1) is 0 Å². The normalized spacial score (nSPS) is 10.9. The SMILES string of the molecule is O=C(OCc1cccc(COC(=O)c2n[nH]c(=O)c3ccccc23)c1)c1n[nH]c(=O)c2ccccc12. The fourth-order valence-electron chi connectivity index (χ4n) is 3.78.